The van der Waals surface area contributed by atoms with E-state index < -0.39 is 5.41 Å². The predicted molar refractivity (Wildman–Crippen MR) is 251 cm³/mol. The van der Waals surface area contributed by atoms with Crippen molar-refractivity contribution in [2.75, 3.05) is 0 Å². The molecular formula is C59H44N2. The minimum Gasteiger partial charge on any atom is -0.228 e. The molecule has 0 saturated carbocycles. The van der Waals surface area contributed by atoms with Crippen molar-refractivity contribution in [2.24, 2.45) is 0 Å². The van der Waals surface area contributed by atoms with Crippen molar-refractivity contribution in [3.63, 3.8) is 0 Å². The molecule has 0 N–H and O–H groups in total. The van der Waals surface area contributed by atoms with Crippen molar-refractivity contribution in [3.05, 3.63) is 239 Å². The van der Waals surface area contributed by atoms with Gasteiger partial charge >= 0.3 is 0 Å². The zero-order chi connectivity index (χ0) is 41.1. The Morgan fingerprint density at radius 3 is 1.46 bits per heavy atom. The SMILES string of the molecule is CC1(C)c2ccccc2-c2ccc(-c3cc(-c4ccccc4)nc(-c4ccccc4-c4cccc5c4-c4ccccc4C54c5ccccc5C(C)(C)c5ccccc54)n3)cc21. The summed E-state index contributed by atoms with van der Waals surface area (Å²) in [5, 5.41) is 0. The summed E-state index contributed by atoms with van der Waals surface area (Å²) in [5.41, 5.74) is 22.5. The maximum atomic E-state index is 5.49. The lowest BCUT2D eigenvalue weighted by Gasteiger charge is -2.46. The van der Waals surface area contributed by atoms with Gasteiger partial charge in [-0.1, -0.05) is 210 Å². The van der Waals surface area contributed by atoms with Gasteiger partial charge in [0.25, 0.3) is 0 Å². The number of benzene rings is 8. The molecule has 0 amide bonds. The van der Waals surface area contributed by atoms with Crippen molar-refractivity contribution in [1.29, 1.82) is 0 Å². The van der Waals surface area contributed by atoms with Gasteiger partial charge < -0.3 is 0 Å². The van der Waals surface area contributed by atoms with Crippen LogP contribution in [0.1, 0.15) is 72.2 Å². The first-order chi connectivity index (χ1) is 29.8. The fourth-order valence-electron chi connectivity index (χ4n) is 11.4. The highest BCUT2D eigenvalue weighted by Gasteiger charge is 2.53. The Kier molecular flexibility index (Phi) is 7.57. The summed E-state index contributed by atoms with van der Waals surface area (Å²) in [4.78, 5) is 10.9. The zero-order valence-corrected chi connectivity index (χ0v) is 34.9. The number of rotatable bonds is 4. The van der Waals surface area contributed by atoms with Crippen molar-refractivity contribution in [1.82, 2.24) is 9.97 Å². The van der Waals surface area contributed by atoms with Crippen molar-refractivity contribution in [2.45, 2.75) is 43.9 Å². The first-order valence-electron chi connectivity index (χ1n) is 21.5. The maximum Gasteiger partial charge on any atom is 0.161 e. The van der Waals surface area contributed by atoms with E-state index in [1.165, 1.54) is 72.3 Å². The lowest BCUT2D eigenvalue weighted by Crippen LogP contribution is -2.40. The second-order valence-corrected chi connectivity index (χ2v) is 18.0. The van der Waals surface area contributed by atoms with Crippen LogP contribution < -0.4 is 0 Å². The van der Waals surface area contributed by atoms with Gasteiger partial charge in [0.05, 0.1) is 16.8 Å². The largest absolute Gasteiger partial charge is 0.228 e. The Balaban J connectivity index is 1.09. The first kappa shape index (κ1) is 35.8. The molecule has 0 bridgehead atoms. The van der Waals surface area contributed by atoms with Crippen LogP contribution in [0.15, 0.2) is 194 Å². The normalized spacial score (nSPS) is 15.3. The van der Waals surface area contributed by atoms with E-state index in [0.29, 0.717) is 5.82 Å². The number of hydrogen-bond donors (Lipinski definition) is 0. The van der Waals surface area contributed by atoms with E-state index >= 15 is 0 Å². The summed E-state index contributed by atoms with van der Waals surface area (Å²) in [6.45, 7) is 9.44. The Hall–Kier alpha value is -7.16. The molecule has 1 spiro atoms. The quantitative estimate of drug-likeness (QED) is 0.178. The molecule has 0 fully saturated rings. The van der Waals surface area contributed by atoms with E-state index in [1.54, 1.807) is 0 Å². The third-order valence-corrected chi connectivity index (χ3v) is 14.2. The molecule has 61 heavy (non-hydrogen) atoms. The van der Waals surface area contributed by atoms with Crippen LogP contribution in [0.4, 0.5) is 0 Å². The highest BCUT2D eigenvalue weighted by atomic mass is 14.9. The van der Waals surface area contributed by atoms with Gasteiger partial charge in [-0.05, 0) is 90.0 Å². The predicted octanol–water partition coefficient (Wildman–Crippen LogP) is 14.5. The fourth-order valence-corrected chi connectivity index (χ4v) is 11.4. The van der Waals surface area contributed by atoms with Crippen LogP contribution in [-0.4, -0.2) is 9.97 Å². The topological polar surface area (TPSA) is 25.8 Å². The van der Waals surface area contributed by atoms with E-state index in [9.17, 15) is 0 Å². The van der Waals surface area contributed by atoms with Gasteiger partial charge in [-0.2, -0.15) is 0 Å². The Morgan fingerprint density at radius 1 is 0.295 bits per heavy atom. The summed E-state index contributed by atoms with van der Waals surface area (Å²) in [6, 6.07) is 71.5. The van der Waals surface area contributed by atoms with Gasteiger partial charge in [0.15, 0.2) is 5.82 Å². The van der Waals surface area contributed by atoms with Gasteiger partial charge in [0, 0.05) is 27.5 Å². The maximum absolute atomic E-state index is 5.49. The molecule has 3 aliphatic carbocycles. The molecule has 1 heterocycles. The Bertz CT molecular complexity index is 3210. The van der Waals surface area contributed by atoms with E-state index in [-0.39, 0.29) is 10.8 Å². The van der Waals surface area contributed by atoms with Gasteiger partial charge in [0.1, 0.15) is 0 Å². The van der Waals surface area contributed by atoms with Gasteiger partial charge in [-0.15, -0.1) is 0 Å². The average molecular weight is 781 g/mol. The summed E-state index contributed by atoms with van der Waals surface area (Å²) in [7, 11) is 0. The molecule has 0 saturated heterocycles. The highest BCUT2D eigenvalue weighted by Crippen LogP contribution is 2.63. The third kappa shape index (κ3) is 4.91. The average Bonchev–Trinajstić information content (AvgIpc) is 3.74. The van der Waals surface area contributed by atoms with Crippen LogP contribution in [0.2, 0.25) is 0 Å². The highest BCUT2D eigenvalue weighted by molar-refractivity contribution is 5.99. The van der Waals surface area contributed by atoms with Gasteiger partial charge in [0.2, 0.25) is 0 Å². The lowest BCUT2D eigenvalue weighted by molar-refractivity contribution is 0.563. The van der Waals surface area contributed by atoms with Crippen molar-refractivity contribution in [3.8, 4) is 67.3 Å². The second kappa shape index (κ2) is 12.9. The first-order valence-corrected chi connectivity index (χ1v) is 21.5. The molecule has 0 unspecified atom stereocenters. The third-order valence-electron chi connectivity index (χ3n) is 14.2. The van der Waals surface area contributed by atoms with Crippen molar-refractivity contribution >= 4 is 0 Å². The molecule has 3 aliphatic rings. The number of aromatic nitrogens is 2. The number of nitrogens with zero attached hydrogens (tertiary/aromatic N) is 2. The molecule has 12 rings (SSSR count). The minimum atomic E-state index is -0.475. The van der Waals surface area contributed by atoms with Crippen LogP contribution in [0.3, 0.4) is 0 Å². The summed E-state index contributed by atoms with van der Waals surface area (Å²) in [5.74, 6) is 0.712. The minimum absolute atomic E-state index is 0.122. The molecule has 1 aromatic heterocycles. The van der Waals surface area contributed by atoms with Crippen LogP contribution in [0.25, 0.3) is 67.3 Å². The molecule has 9 aromatic rings. The van der Waals surface area contributed by atoms with Gasteiger partial charge in [-0.3, -0.25) is 0 Å². The van der Waals surface area contributed by atoms with Crippen molar-refractivity contribution < 1.29 is 0 Å². The van der Waals surface area contributed by atoms with E-state index in [0.717, 1.165) is 33.6 Å². The number of hydrogen-bond acceptors (Lipinski definition) is 2. The Labute approximate surface area is 358 Å². The molecule has 2 heteroatoms. The molecule has 8 aromatic carbocycles. The van der Waals surface area contributed by atoms with Crippen LogP contribution >= 0.6 is 0 Å². The standard InChI is InChI=1S/C59H44N2/c1-57(2)45-26-12-10-22-40(45)41-34-33-38(35-52(41)57)54-36-53(37-19-6-5-7-20-37)60-56(61-54)43-23-9-8-21-39(43)42-25-18-32-51-55(42)44-24-11-13-27-46(44)59(51)49-30-16-14-28-47(49)58(3,4)48-29-15-17-31-50(48)59/h5-36H,1-4H3. The molecule has 2 nitrogen and oxygen atoms in total. The smallest absolute Gasteiger partial charge is 0.161 e. The van der Waals surface area contributed by atoms with Crippen LogP contribution in [0, 0.1) is 0 Å². The molecular weight excluding hydrogens is 737 g/mol. The lowest BCUT2D eigenvalue weighted by atomic mass is 9.55. The molecule has 0 radical (unpaired) electrons. The van der Waals surface area contributed by atoms with E-state index in [1.807, 2.05) is 0 Å². The van der Waals surface area contributed by atoms with Crippen LogP contribution in [-0.2, 0) is 16.2 Å². The van der Waals surface area contributed by atoms with E-state index in [4.69, 9.17) is 9.97 Å². The second-order valence-electron chi connectivity index (χ2n) is 18.0. The Morgan fingerprint density at radius 2 is 0.770 bits per heavy atom. The molecule has 290 valence electrons. The number of fused-ring (bicyclic) bond motifs is 12. The summed E-state index contributed by atoms with van der Waals surface area (Å²) in [6.07, 6.45) is 0. The monoisotopic (exact) mass is 780 g/mol. The molecule has 0 atom stereocenters. The zero-order valence-electron chi connectivity index (χ0n) is 34.9. The van der Waals surface area contributed by atoms with E-state index in [2.05, 4.69) is 222 Å². The molecule has 0 aliphatic heterocycles. The van der Waals surface area contributed by atoms with Crippen LogP contribution in [0.5, 0.6) is 0 Å². The summed E-state index contributed by atoms with van der Waals surface area (Å²) < 4.78 is 0. The fraction of sp³-hybridized carbons (Fsp3) is 0.119. The van der Waals surface area contributed by atoms with Gasteiger partial charge in [-0.25, -0.2) is 9.97 Å². The summed E-state index contributed by atoms with van der Waals surface area (Å²) >= 11 is 0.